The molecule has 10 atom stereocenters. The van der Waals surface area contributed by atoms with Crippen molar-refractivity contribution < 1.29 is 43.2 Å². The van der Waals surface area contributed by atoms with Gasteiger partial charge in [0.25, 0.3) is 0 Å². The average molecular weight is 621 g/mol. The molecule has 7 rings (SSSR count). The van der Waals surface area contributed by atoms with Crippen LogP contribution in [0.25, 0.3) is 0 Å². The monoisotopic (exact) mass is 620 g/mol. The van der Waals surface area contributed by atoms with Crippen molar-refractivity contribution in [1.82, 2.24) is 0 Å². The molecule has 2 aromatic rings. The standard InChI is InChI=1S/C36H38F2O7/c1-33-12-11-24(41)14-27(33)28(37)15-26-25-16-31-36(30(43)19-40,34(25,2)17-29(42)35(26,33)38)45-32(44-31)21-9-7-20(8-10-21)13-22-5-3-4-6-23(22)18-39/h3-12,14,25-26,28-29,31-32,39-40,42H,13,15-19H2,1-2H3/t25-,26-,28-,29-,31+,32+,33-,34-,35-,36+/m0/s1. The van der Waals surface area contributed by atoms with Crippen LogP contribution in [-0.2, 0) is 32.1 Å². The molecular formula is C36H38F2O7. The number of halogens is 2. The highest BCUT2D eigenvalue weighted by Gasteiger charge is 2.80. The largest absolute Gasteiger partial charge is 0.392 e. The third kappa shape index (κ3) is 4.04. The fourth-order valence-electron chi connectivity index (χ4n) is 9.61. The number of hydrogen-bond donors (Lipinski definition) is 3. The van der Waals surface area contributed by atoms with Gasteiger partial charge in [0.05, 0.1) is 18.8 Å². The van der Waals surface area contributed by atoms with Crippen molar-refractivity contribution in [2.24, 2.45) is 22.7 Å². The second kappa shape index (κ2) is 10.5. The zero-order valence-corrected chi connectivity index (χ0v) is 25.3. The Labute approximate surface area is 260 Å². The summed E-state index contributed by atoms with van der Waals surface area (Å²) in [6.07, 6.45) is -0.878. The minimum absolute atomic E-state index is 0.0339. The molecule has 7 nitrogen and oxygen atoms in total. The van der Waals surface area contributed by atoms with E-state index in [1.807, 2.05) is 48.5 Å². The molecule has 2 aromatic carbocycles. The topological polar surface area (TPSA) is 113 Å². The molecule has 1 saturated heterocycles. The van der Waals surface area contributed by atoms with Crippen LogP contribution in [0.15, 0.2) is 72.3 Å². The van der Waals surface area contributed by atoms with E-state index >= 15 is 8.78 Å². The summed E-state index contributed by atoms with van der Waals surface area (Å²) in [5, 5.41) is 31.5. The Morgan fingerprint density at radius 2 is 1.73 bits per heavy atom. The Kier molecular flexibility index (Phi) is 7.11. The normalized spacial score (nSPS) is 41.6. The van der Waals surface area contributed by atoms with Gasteiger partial charge in [-0.1, -0.05) is 61.5 Å². The van der Waals surface area contributed by atoms with Crippen molar-refractivity contribution in [2.45, 2.75) is 82.1 Å². The van der Waals surface area contributed by atoms with Gasteiger partial charge >= 0.3 is 0 Å². The summed E-state index contributed by atoms with van der Waals surface area (Å²) >= 11 is 0. The van der Waals surface area contributed by atoms with Gasteiger partial charge < -0.3 is 24.8 Å². The van der Waals surface area contributed by atoms with E-state index < -0.39 is 76.8 Å². The molecule has 9 heteroatoms. The Hall–Kier alpha value is -3.08. The highest BCUT2D eigenvalue weighted by molar-refractivity contribution is 6.01. The van der Waals surface area contributed by atoms with Crippen LogP contribution >= 0.6 is 0 Å². The zero-order valence-electron chi connectivity index (χ0n) is 25.3. The summed E-state index contributed by atoms with van der Waals surface area (Å²) in [5.74, 6) is -2.63. The summed E-state index contributed by atoms with van der Waals surface area (Å²) in [6.45, 7) is 2.41. The van der Waals surface area contributed by atoms with Gasteiger partial charge in [0.2, 0.25) is 0 Å². The van der Waals surface area contributed by atoms with E-state index in [2.05, 4.69) is 0 Å². The first-order valence-corrected chi connectivity index (χ1v) is 15.6. The van der Waals surface area contributed by atoms with Crippen LogP contribution in [0.3, 0.4) is 0 Å². The number of ketones is 2. The number of carbonyl (C=O) groups is 2. The fourth-order valence-corrected chi connectivity index (χ4v) is 9.61. The molecular weight excluding hydrogens is 582 g/mol. The Balaban J connectivity index is 1.21. The van der Waals surface area contributed by atoms with Crippen LogP contribution in [0, 0.1) is 22.7 Å². The third-order valence-corrected chi connectivity index (χ3v) is 11.9. The Morgan fingerprint density at radius 3 is 2.42 bits per heavy atom. The maximum Gasteiger partial charge on any atom is 0.193 e. The van der Waals surface area contributed by atoms with Crippen LogP contribution in [0.5, 0.6) is 0 Å². The number of Topliss-reactive ketones (excluding diaryl/α,β-unsaturated/α-hetero) is 1. The molecule has 4 aliphatic carbocycles. The van der Waals surface area contributed by atoms with Crippen LogP contribution < -0.4 is 0 Å². The predicted octanol–water partition coefficient (Wildman–Crippen LogP) is 4.41. The number of rotatable bonds is 6. The number of benzene rings is 2. The smallest absolute Gasteiger partial charge is 0.193 e. The molecule has 0 radical (unpaired) electrons. The van der Waals surface area contributed by atoms with Crippen molar-refractivity contribution in [3.8, 4) is 0 Å². The molecule has 45 heavy (non-hydrogen) atoms. The first-order chi connectivity index (χ1) is 21.4. The minimum atomic E-state index is -2.30. The van der Waals surface area contributed by atoms with Gasteiger partial charge in [0, 0.05) is 22.3 Å². The lowest BCUT2D eigenvalue weighted by Crippen LogP contribution is -2.70. The first-order valence-electron chi connectivity index (χ1n) is 15.6. The van der Waals surface area contributed by atoms with E-state index in [9.17, 15) is 24.9 Å². The quantitative estimate of drug-likeness (QED) is 0.439. The van der Waals surface area contributed by atoms with Gasteiger partial charge in [0.15, 0.2) is 29.1 Å². The molecule has 0 bridgehead atoms. The van der Waals surface area contributed by atoms with Crippen LogP contribution in [0.4, 0.5) is 8.78 Å². The summed E-state index contributed by atoms with van der Waals surface area (Å²) < 4.78 is 46.3. The van der Waals surface area contributed by atoms with Crippen molar-refractivity contribution >= 4 is 11.6 Å². The van der Waals surface area contributed by atoms with Crippen LogP contribution in [-0.4, -0.2) is 63.1 Å². The first kappa shape index (κ1) is 30.6. The average Bonchev–Trinajstić information content (AvgIpc) is 3.53. The fraction of sp³-hybridized carbons (Fsp3) is 0.500. The van der Waals surface area contributed by atoms with Crippen molar-refractivity contribution in [3.63, 3.8) is 0 Å². The maximum atomic E-state index is 17.6. The molecule has 0 unspecified atom stereocenters. The number of hydrogen-bond acceptors (Lipinski definition) is 7. The number of aliphatic hydroxyl groups is 3. The second-order valence-corrected chi connectivity index (χ2v) is 13.8. The highest BCUT2D eigenvalue weighted by atomic mass is 19.1. The van der Waals surface area contributed by atoms with Crippen molar-refractivity contribution in [3.05, 3.63) is 94.6 Å². The number of alkyl halides is 2. The van der Waals surface area contributed by atoms with E-state index in [-0.39, 0.29) is 31.4 Å². The number of carbonyl (C=O) groups excluding carboxylic acids is 2. The zero-order chi connectivity index (χ0) is 31.9. The number of aliphatic hydroxyl groups excluding tert-OH is 3. The van der Waals surface area contributed by atoms with E-state index in [4.69, 9.17) is 9.47 Å². The van der Waals surface area contributed by atoms with E-state index in [1.54, 1.807) is 6.92 Å². The van der Waals surface area contributed by atoms with E-state index in [0.717, 1.165) is 22.8 Å². The maximum absolute atomic E-state index is 17.6. The lowest BCUT2D eigenvalue weighted by molar-refractivity contribution is -0.235. The molecule has 238 valence electrons. The lowest BCUT2D eigenvalue weighted by atomic mass is 9.44. The third-order valence-electron chi connectivity index (χ3n) is 11.9. The van der Waals surface area contributed by atoms with Crippen LogP contribution in [0.2, 0.25) is 0 Å². The minimum Gasteiger partial charge on any atom is -0.392 e. The molecule has 3 saturated carbocycles. The molecule has 0 spiro atoms. The molecule has 0 amide bonds. The molecule has 5 aliphatic rings. The predicted molar refractivity (Wildman–Crippen MR) is 159 cm³/mol. The molecule has 4 fully saturated rings. The van der Waals surface area contributed by atoms with Crippen molar-refractivity contribution in [2.75, 3.05) is 6.61 Å². The molecule has 0 aromatic heterocycles. The SMILES string of the molecule is C[C@]12C=CC(=O)C=C1[C@@H](F)C[C@H]1[C@@H]3C[C@H]4O[C@@H](c5ccc(Cc6ccccc6CO)cc5)O[C@@]4(C(=O)CO)[C@@]3(C)C[C@H](O)[C@@]12F. The van der Waals surface area contributed by atoms with E-state index in [1.165, 1.54) is 19.1 Å². The summed E-state index contributed by atoms with van der Waals surface area (Å²) in [4.78, 5) is 25.9. The molecule has 3 N–H and O–H groups in total. The van der Waals surface area contributed by atoms with Gasteiger partial charge in [-0.2, -0.15) is 0 Å². The van der Waals surface area contributed by atoms with Gasteiger partial charge in [-0.05, 0) is 72.9 Å². The van der Waals surface area contributed by atoms with Crippen LogP contribution in [0.1, 0.15) is 61.7 Å². The number of ether oxygens (including phenoxy) is 2. The number of allylic oxidation sites excluding steroid dienone is 4. The molecule has 1 aliphatic heterocycles. The highest BCUT2D eigenvalue weighted by Crippen LogP contribution is 2.72. The second-order valence-electron chi connectivity index (χ2n) is 13.8. The molecule has 1 heterocycles. The van der Waals surface area contributed by atoms with Gasteiger partial charge in [-0.15, -0.1) is 0 Å². The Bertz CT molecular complexity index is 1600. The van der Waals surface area contributed by atoms with Gasteiger partial charge in [0.1, 0.15) is 12.8 Å². The van der Waals surface area contributed by atoms with Gasteiger partial charge in [-0.25, -0.2) is 8.78 Å². The summed E-state index contributed by atoms with van der Waals surface area (Å²) in [5.41, 5.74) is -3.15. The van der Waals surface area contributed by atoms with E-state index in [0.29, 0.717) is 12.0 Å². The van der Waals surface area contributed by atoms with Gasteiger partial charge in [-0.3, -0.25) is 9.59 Å². The lowest BCUT2D eigenvalue weighted by Gasteiger charge is -2.63. The van der Waals surface area contributed by atoms with Crippen molar-refractivity contribution in [1.29, 1.82) is 0 Å². The summed E-state index contributed by atoms with van der Waals surface area (Å²) in [7, 11) is 0. The summed E-state index contributed by atoms with van der Waals surface area (Å²) in [6, 6.07) is 15.2. The Morgan fingerprint density at radius 1 is 1.02 bits per heavy atom. The number of fused-ring (bicyclic) bond motifs is 7.